The standard InChI is InChI=1S/C24H26N4O2/c1-15(2)17-6-7-20-18(13-17)19(14-22(27-20)21-5-3-4-10-26-21)24(30)28-11-8-16(9-12-28)23(25)29/h3-7,10,13-16H,8-9,11-12H2,1-2H3,(H2,25,29). The SMILES string of the molecule is CC(C)c1ccc2nc(-c3ccccn3)cc(C(=O)N3CCC(C(N)=O)CC3)c2c1. The van der Waals surface area contributed by atoms with Gasteiger partial charge in [0.2, 0.25) is 5.91 Å². The summed E-state index contributed by atoms with van der Waals surface area (Å²) in [6, 6.07) is 13.6. The summed E-state index contributed by atoms with van der Waals surface area (Å²) in [4.78, 5) is 36.0. The highest BCUT2D eigenvalue weighted by atomic mass is 16.2. The molecule has 1 aliphatic rings. The van der Waals surface area contributed by atoms with Gasteiger partial charge in [-0.3, -0.25) is 14.6 Å². The van der Waals surface area contributed by atoms with Gasteiger partial charge in [-0.15, -0.1) is 0 Å². The van der Waals surface area contributed by atoms with E-state index in [4.69, 9.17) is 10.7 Å². The van der Waals surface area contributed by atoms with Crippen molar-refractivity contribution in [2.45, 2.75) is 32.6 Å². The van der Waals surface area contributed by atoms with E-state index in [1.165, 1.54) is 0 Å². The van der Waals surface area contributed by atoms with Crippen molar-refractivity contribution < 1.29 is 9.59 Å². The lowest BCUT2D eigenvalue weighted by Crippen LogP contribution is -2.41. The van der Waals surface area contributed by atoms with Crippen LogP contribution in [0.15, 0.2) is 48.7 Å². The molecule has 154 valence electrons. The Kier molecular flexibility index (Phi) is 5.48. The number of carbonyl (C=O) groups excluding carboxylic acids is 2. The van der Waals surface area contributed by atoms with Crippen molar-refractivity contribution >= 4 is 22.7 Å². The van der Waals surface area contributed by atoms with Crippen molar-refractivity contribution in [3.05, 3.63) is 59.8 Å². The monoisotopic (exact) mass is 402 g/mol. The first-order valence-corrected chi connectivity index (χ1v) is 10.4. The number of hydrogen-bond donors (Lipinski definition) is 1. The first-order valence-electron chi connectivity index (χ1n) is 10.4. The summed E-state index contributed by atoms with van der Waals surface area (Å²) in [7, 11) is 0. The molecule has 1 fully saturated rings. The Balaban J connectivity index is 1.78. The van der Waals surface area contributed by atoms with Crippen LogP contribution in [0.25, 0.3) is 22.3 Å². The summed E-state index contributed by atoms with van der Waals surface area (Å²) < 4.78 is 0. The summed E-state index contributed by atoms with van der Waals surface area (Å²) in [5, 5.41) is 0.850. The third kappa shape index (κ3) is 3.90. The van der Waals surface area contributed by atoms with Gasteiger partial charge >= 0.3 is 0 Å². The van der Waals surface area contributed by atoms with Crippen LogP contribution in [0.3, 0.4) is 0 Å². The molecular formula is C24H26N4O2. The molecule has 2 aromatic heterocycles. The summed E-state index contributed by atoms with van der Waals surface area (Å²) in [6.45, 7) is 5.32. The number of benzene rings is 1. The van der Waals surface area contributed by atoms with Gasteiger partial charge in [-0.05, 0) is 54.7 Å². The first kappa shape index (κ1) is 20.0. The average molecular weight is 402 g/mol. The van der Waals surface area contributed by atoms with Crippen molar-refractivity contribution in [2.24, 2.45) is 11.7 Å². The number of amides is 2. The van der Waals surface area contributed by atoms with E-state index >= 15 is 0 Å². The molecule has 4 rings (SSSR count). The minimum absolute atomic E-state index is 0.0385. The van der Waals surface area contributed by atoms with Gasteiger partial charge in [-0.2, -0.15) is 0 Å². The Hall–Kier alpha value is -3.28. The molecule has 0 saturated carbocycles. The third-order valence-electron chi connectivity index (χ3n) is 5.84. The zero-order chi connectivity index (χ0) is 21.3. The number of rotatable bonds is 4. The first-order chi connectivity index (χ1) is 14.4. The van der Waals surface area contributed by atoms with Crippen LogP contribution in [0.1, 0.15) is 48.5 Å². The van der Waals surface area contributed by atoms with Gasteiger partial charge in [0.05, 0.1) is 22.5 Å². The van der Waals surface area contributed by atoms with E-state index in [1.807, 2.05) is 35.2 Å². The molecule has 0 aliphatic carbocycles. The van der Waals surface area contributed by atoms with Crippen molar-refractivity contribution in [3.63, 3.8) is 0 Å². The molecule has 0 bridgehead atoms. The number of likely N-dealkylation sites (tertiary alicyclic amines) is 1. The molecule has 6 nitrogen and oxygen atoms in total. The van der Waals surface area contributed by atoms with Crippen LogP contribution in [0.4, 0.5) is 0 Å². The highest BCUT2D eigenvalue weighted by Crippen LogP contribution is 2.29. The molecular weight excluding hydrogens is 376 g/mol. The molecule has 30 heavy (non-hydrogen) atoms. The number of aromatic nitrogens is 2. The quantitative estimate of drug-likeness (QED) is 0.720. The summed E-state index contributed by atoms with van der Waals surface area (Å²) in [6.07, 6.45) is 2.93. The molecule has 1 aromatic carbocycles. The largest absolute Gasteiger partial charge is 0.369 e. The van der Waals surface area contributed by atoms with Gasteiger partial charge in [-0.1, -0.05) is 26.0 Å². The molecule has 3 aromatic rings. The van der Waals surface area contributed by atoms with Gasteiger partial charge in [0, 0.05) is 30.6 Å². The molecule has 0 radical (unpaired) electrons. The van der Waals surface area contributed by atoms with E-state index in [1.54, 1.807) is 6.20 Å². The number of nitrogens with two attached hydrogens (primary N) is 1. The second kappa shape index (κ2) is 8.22. The van der Waals surface area contributed by atoms with E-state index in [0.29, 0.717) is 43.1 Å². The Morgan fingerprint density at radius 1 is 1.07 bits per heavy atom. The number of fused-ring (bicyclic) bond motifs is 1. The Bertz CT molecular complexity index is 1090. The van der Waals surface area contributed by atoms with Gasteiger partial charge in [0.25, 0.3) is 5.91 Å². The molecule has 0 unspecified atom stereocenters. The summed E-state index contributed by atoms with van der Waals surface area (Å²) in [5.74, 6) is -0.127. The van der Waals surface area contributed by atoms with E-state index < -0.39 is 0 Å². The van der Waals surface area contributed by atoms with Crippen molar-refractivity contribution in [1.82, 2.24) is 14.9 Å². The maximum absolute atomic E-state index is 13.5. The zero-order valence-electron chi connectivity index (χ0n) is 17.3. The fourth-order valence-electron chi connectivity index (χ4n) is 3.96. The van der Waals surface area contributed by atoms with Crippen molar-refractivity contribution in [2.75, 3.05) is 13.1 Å². The second-order valence-corrected chi connectivity index (χ2v) is 8.17. The second-order valence-electron chi connectivity index (χ2n) is 8.17. The van der Waals surface area contributed by atoms with Crippen LogP contribution in [0, 0.1) is 5.92 Å². The number of primary amides is 1. The molecule has 1 aliphatic heterocycles. The van der Waals surface area contributed by atoms with Crippen molar-refractivity contribution in [3.8, 4) is 11.4 Å². The Morgan fingerprint density at radius 2 is 1.83 bits per heavy atom. The average Bonchev–Trinajstić information content (AvgIpc) is 2.78. The van der Waals surface area contributed by atoms with Crippen LogP contribution in [0.5, 0.6) is 0 Å². The van der Waals surface area contributed by atoms with Crippen LogP contribution in [0.2, 0.25) is 0 Å². The summed E-state index contributed by atoms with van der Waals surface area (Å²) in [5.41, 5.74) is 9.42. The van der Waals surface area contributed by atoms with Crippen LogP contribution >= 0.6 is 0 Å². The third-order valence-corrected chi connectivity index (χ3v) is 5.84. The molecule has 1 saturated heterocycles. The lowest BCUT2D eigenvalue weighted by molar-refractivity contribution is -0.123. The number of piperidine rings is 1. The highest BCUT2D eigenvalue weighted by Gasteiger charge is 2.28. The fraction of sp³-hybridized carbons (Fsp3) is 0.333. The molecule has 6 heteroatoms. The van der Waals surface area contributed by atoms with Gasteiger partial charge in [0.15, 0.2) is 0 Å². The molecule has 2 N–H and O–H groups in total. The minimum atomic E-state index is -0.282. The highest BCUT2D eigenvalue weighted by molar-refractivity contribution is 6.07. The maximum atomic E-state index is 13.5. The van der Waals surface area contributed by atoms with Crippen LogP contribution in [-0.2, 0) is 4.79 Å². The Labute approximate surface area is 176 Å². The Morgan fingerprint density at radius 3 is 2.47 bits per heavy atom. The van der Waals surface area contributed by atoms with E-state index in [-0.39, 0.29) is 17.7 Å². The lowest BCUT2D eigenvalue weighted by atomic mass is 9.94. The molecule has 3 heterocycles. The van der Waals surface area contributed by atoms with E-state index in [9.17, 15) is 9.59 Å². The van der Waals surface area contributed by atoms with Gasteiger partial charge < -0.3 is 10.6 Å². The van der Waals surface area contributed by atoms with Crippen LogP contribution in [-0.4, -0.2) is 39.8 Å². The van der Waals surface area contributed by atoms with Gasteiger partial charge in [0.1, 0.15) is 0 Å². The number of hydrogen-bond acceptors (Lipinski definition) is 4. The normalized spacial score (nSPS) is 15.0. The maximum Gasteiger partial charge on any atom is 0.254 e. The molecule has 2 amide bonds. The topological polar surface area (TPSA) is 89.2 Å². The minimum Gasteiger partial charge on any atom is -0.369 e. The smallest absolute Gasteiger partial charge is 0.254 e. The number of carbonyl (C=O) groups is 2. The predicted molar refractivity (Wildman–Crippen MR) is 117 cm³/mol. The van der Waals surface area contributed by atoms with Crippen molar-refractivity contribution in [1.29, 1.82) is 0 Å². The van der Waals surface area contributed by atoms with E-state index in [0.717, 1.165) is 22.2 Å². The fourth-order valence-corrected chi connectivity index (χ4v) is 3.96. The molecule has 0 spiro atoms. The lowest BCUT2D eigenvalue weighted by Gasteiger charge is -2.31. The van der Waals surface area contributed by atoms with Gasteiger partial charge in [-0.25, -0.2) is 4.98 Å². The molecule has 0 atom stereocenters. The predicted octanol–water partition coefficient (Wildman–Crippen LogP) is 3.76. The van der Waals surface area contributed by atoms with E-state index in [2.05, 4.69) is 31.0 Å². The van der Waals surface area contributed by atoms with Crippen LogP contribution < -0.4 is 5.73 Å². The number of nitrogens with zero attached hydrogens (tertiary/aromatic N) is 3. The summed E-state index contributed by atoms with van der Waals surface area (Å²) >= 11 is 0. The number of pyridine rings is 2. The zero-order valence-corrected chi connectivity index (χ0v) is 17.3.